The number of benzene rings is 1. The molecule has 1 aromatic rings. The van der Waals surface area contributed by atoms with Gasteiger partial charge in [-0.3, -0.25) is 9.59 Å². The van der Waals surface area contributed by atoms with Crippen LogP contribution in [0.15, 0.2) is 29.2 Å². The molecule has 1 N–H and O–H groups in total. The number of hydrogen-bond acceptors (Lipinski definition) is 3. The van der Waals surface area contributed by atoms with Crippen LogP contribution in [0.3, 0.4) is 0 Å². The molecule has 1 fully saturated rings. The molecule has 4 nitrogen and oxygen atoms in total. The van der Waals surface area contributed by atoms with Crippen molar-refractivity contribution in [2.45, 2.75) is 24.7 Å². The number of hydrogen-bond donors (Lipinski definition) is 1. The highest BCUT2D eigenvalue weighted by Gasteiger charge is 2.39. The Morgan fingerprint density at radius 2 is 2.05 bits per heavy atom. The number of carbonyl (C=O) groups is 2. The number of carboxylic acid groups (broad SMARTS) is 1. The maximum absolute atomic E-state index is 12.8. The lowest BCUT2D eigenvalue weighted by molar-refractivity contribution is -0.153. The first-order chi connectivity index (χ1) is 9.90. The topological polar surface area (TPSA) is 57.6 Å². The van der Waals surface area contributed by atoms with Gasteiger partial charge in [0.05, 0.1) is 11.2 Å². The quantitative estimate of drug-likeness (QED) is 0.869. The summed E-state index contributed by atoms with van der Waals surface area (Å²) in [7, 11) is 0. The summed E-state index contributed by atoms with van der Waals surface area (Å²) in [6.45, 7) is 2.54. The number of piperidine rings is 1. The number of likely N-dealkylation sites (tertiary alicyclic amines) is 1. The van der Waals surface area contributed by atoms with Gasteiger partial charge in [-0.25, -0.2) is 4.39 Å². The summed E-state index contributed by atoms with van der Waals surface area (Å²) in [6, 6.07) is 5.97. The minimum Gasteiger partial charge on any atom is -0.481 e. The maximum atomic E-state index is 12.8. The monoisotopic (exact) mass is 311 g/mol. The summed E-state index contributed by atoms with van der Waals surface area (Å²) in [4.78, 5) is 25.9. The van der Waals surface area contributed by atoms with Crippen LogP contribution < -0.4 is 0 Å². The molecule has 1 aromatic carbocycles. The first kappa shape index (κ1) is 15.8. The average molecular weight is 311 g/mol. The van der Waals surface area contributed by atoms with Gasteiger partial charge in [0.25, 0.3) is 0 Å². The molecule has 1 unspecified atom stereocenters. The van der Waals surface area contributed by atoms with Crippen molar-refractivity contribution in [2.24, 2.45) is 5.41 Å². The Balaban J connectivity index is 1.91. The third-order valence-electron chi connectivity index (χ3n) is 3.74. The molecule has 0 aliphatic carbocycles. The van der Waals surface area contributed by atoms with Gasteiger partial charge < -0.3 is 10.0 Å². The number of aliphatic carboxylic acids is 1. The van der Waals surface area contributed by atoms with Gasteiger partial charge in [-0.1, -0.05) is 0 Å². The van der Waals surface area contributed by atoms with Gasteiger partial charge >= 0.3 is 5.97 Å². The zero-order chi connectivity index (χ0) is 15.5. The molecule has 1 heterocycles. The SMILES string of the molecule is CC1(C(=O)O)CCCN(C(=O)CSc2ccc(F)cc2)C1. The first-order valence-corrected chi connectivity index (χ1v) is 7.79. The number of rotatable bonds is 4. The Bertz CT molecular complexity index is 534. The molecule has 21 heavy (non-hydrogen) atoms. The van der Waals surface area contributed by atoms with Crippen LogP contribution in [0.25, 0.3) is 0 Å². The molecule has 1 amide bonds. The molecule has 2 rings (SSSR count). The fourth-order valence-electron chi connectivity index (χ4n) is 2.39. The van der Waals surface area contributed by atoms with E-state index in [2.05, 4.69) is 0 Å². The summed E-state index contributed by atoms with van der Waals surface area (Å²) in [5.41, 5.74) is -0.853. The van der Waals surface area contributed by atoms with Crippen LogP contribution in [-0.2, 0) is 9.59 Å². The highest BCUT2D eigenvalue weighted by molar-refractivity contribution is 8.00. The standard InChI is InChI=1S/C15H18FNO3S/c1-15(14(19)20)7-2-8-17(10-15)13(18)9-21-12-5-3-11(16)4-6-12/h3-6H,2,7-10H2,1H3,(H,19,20). The van der Waals surface area contributed by atoms with Crippen molar-refractivity contribution in [2.75, 3.05) is 18.8 Å². The van der Waals surface area contributed by atoms with Gasteiger partial charge in [0.2, 0.25) is 5.91 Å². The van der Waals surface area contributed by atoms with Crippen molar-refractivity contribution in [1.29, 1.82) is 0 Å². The molecular weight excluding hydrogens is 293 g/mol. The second kappa shape index (κ2) is 6.47. The Labute approximate surface area is 127 Å². The van der Waals surface area contributed by atoms with Gasteiger partial charge in [0.1, 0.15) is 5.82 Å². The van der Waals surface area contributed by atoms with Gasteiger partial charge in [-0.2, -0.15) is 0 Å². The molecular formula is C15H18FNO3S. The van der Waals surface area contributed by atoms with E-state index in [0.29, 0.717) is 19.4 Å². The number of nitrogens with zero attached hydrogens (tertiary/aromatic N) is 1. The van der Waals surface area contributed by atoms with Crippen LogP contribution in [0.2, 0.25) is 0 Å². The summed E-state index contributed by atoms with van der Waals surface area (Å²) in [5.74, 6) is -0.997. The van der Waals surface area contributed by atoms with Crippen molar-refractivity contribution in [3.8, 4) is 0 Å². The molecule has 1 atom stereocenters. The van der Waals surface area contributed by atoms with E-state index in [1.54, 1.807) is 24.0 Å². The zero-order valence-corrected chi connectivity index (χ0v) is 12.7. The Morgan fingerprint density at radius 1 is 1.38 bits per heavy atom. The van der Waals surface area contributed by atoms with Crippen molar-refractivity contribution in [3.05, 3.63) is 30.1 Å². The Kier molecular flexibility index (Phi) is 4.88. The molecule has 0 radical (unpaired) electrons. The zero-order valence-electron chi connectivity index (χ0n) is 11.8. The van der Waals surface area contributed by atoms with E-state index in [0.717, 1.165) is 4.90 Å². The lowest BCUT2D eigenvalue weighted by Crippen LogP contribution is -2.48. The molecule has 0 aromatic heterocycles. The number of carboxylic acids is 1. The average Bonchev–Trinajstić information content (AvgIpc) is 2.46. The highest BCUT2D eigenvalue weighted by Crippen LogP contribution is 2.30. The van der Waals surface area contributed by atoms with E-state index in [4.69, 9.17) is 0 Å². The minimum atomic E-state index is -0.855. The van der Waals surface area contributed by atoms with Gasteiger partial charge in [-0.15, -0.1) is 11.8 Å². The third-order valence-corrected chi connectivity index (χ3v) is 4.74. The van der Waals surface area contributed by atoms with Crippen LogP contribution in [0, 0.1) is 11.2 Å². The molecule has 0 spiro atoms. The minimum absolute atomic E-state index is 0.0727. The maximum Gasteiger partial charge on any atom is 0.311 e. The Morgan fingerprint density at radius 3 is 2.67 bits per heavy atom. The normalized spacial score (nSPS) is 22.1. The highest BCUT2D eigenvalue weighted by atomic mass is 32.2. The van der Waals surface area contributed by atoms with Crippen LogP contribution in [-0.4, -0.2) is 40.7 Å². The van der Waals surface area contributed by atoms with E-state index < -0.39 is 11.4 Å². The van der Waals surface area contributed by atoms with Crippen molar-refractivity contribution >= 4 is 23.6 Å². The van der Waals surface area contributed by atoms with Crippen molar-refractivity contribution in [3.63, 3.8) is 0 Å². The van der Waals surface area contributed by atoms with Crippen molar-refractivity contribution < 1.29 is 19.1 Å². The summed E-state index contributed by atoms with van der Waals surface area (Å²) in [5, 5.41) is 9.25. The first-order valence-electron chi connectivity index (χ1n) is 6.80. The summed E-state index contributed by atoms with van der Waals surface area (Å²) >= 11 is 1.33. The fourth-order valence-corrected chi connectivity index (χ4v) is 3.20. The predicted octanol–water partition coefficient (Wildman–Crippen LogP) is 2.63. The second-order valence-electron chi connectivity index (χ2n) is 5.53. The van der Waals surface area contributed by atoms with E-state index in [1.165, 1.54) is 23.9 Å². The van der Waals surface area contributed by atoms with E-state index in [-0.39, 0.29) is 24.0 Å². The molecule has 6 heteroatoms. The molecule has 0 bridgehead atoms. The van der Waals surface area contributed by atoms with Crippen LogP contribution in [0.1, 0.15) is 19.8 Å². The van der Waals surface area contributed by atoms with Crippen LogP contribution in [0.4, 0.5) is 4.39 Å². The number of halogens is 1. The number of carbonyl (C=O) groups excluding carboxylic acids is 1. The molecule has 0 saturated carbocycles. The second-order valence-corrected chi connectivity index (χ2v) is 6.58. The largest absolute Gasteiger partial charge is 0.481 e. The molecule has 1 aliphatic heterocycles. The van der Waals surface area contributed by atoms with E-state index in [9.17, 15) is 19.1 Å². The lowest BCUT2D eigenvalue weighted by Gasteiger charge is -2.37. The van der Waals surface area contributed by atoms with Gasteiger partial charge in [0, 0.05) is 18.0 Å². The molecule has 114 valence electrons. The van der Waals surface area contributed by atoms with E-state index in [1.807, 2.05) is 0 Å². The summed E-state index contributed by atoms with van der Waals surface area (Å²) in [6.07, 6.45) is 1.30. The molecule has 1 saturated heterocycles. The summed E-state index contributed by atoms with van der Waals surface area (Å²) < 4.78 is 12.8. The van der Waals surface area contributed by atoms with Gasteiger partial charge in [-0.05, 0) is 44.0 Å². The van der Waals surface area contributed by atoms with E-state index >= 15 is 0 Å². The number of thioether (sulfide) groups is 1. The number of amides is 1. The van der Waals surface area contributed by atoms with Gasteiger partial charge in [0.15, 0.2) is 0 Å². The molecule has 1 aliphatic rings. The lowest BCUT2D eigenvalue weighted by atomic mass is 9.82. The predicted molar refractivity (Wildman–Crippen MR) is 78.7 cm³/mol. The van der Waals surface area contributed by atoms with Crippen LogP contribution >= 0.6 is 11.8 Å². The Hall–Kier alpha value is -1.56. The smallest absolute Gasteiger partial charge is 0.311 e. The van der Waals surface area contributed by atoms with Crippen molar-refractivity contribution in [1.82, 2.24) is 4.90 Å². The third kappa shape index (κ3) is 3.97. The fraction of sp³-hybridized carbons (Fsp3) is 0.467. The van der Waals surface area contributed by atoms with Crippen LogP contribution in [0.5, 0.6) is 0 Å².